The summed E-state index contributed by atoms with van der Waals surface area (Å²) >= 11 is 0. The first-order valence-electron chi connectivity index (χ1n) is 7.99. The minimum Gasteiger partial charge on any atom is -0.264 e. The van der Waals surface area contributed by atoms with Crippen LogP contribution in [0, 0.1) is 0 Å². The first kappa shape index (κ1) is 17.7. The SMILES string of the molecule is CC(CCC1(OS(C)(=O)=O)CC1[Si](C)(C)C)c1ccccc1. The van der Waals surface area contributed by atoms with E-state index in [1.807, 2.05) is 6.07 Å². The highest BCUT2D eigenvalue weighted by molar-refractivity contribution is 7.86. The van der Waals surface area contributed by atoms with E-state index in [1.165, 1.54) is 11.8 Å². The molecule has 1 aliphatic carbocycles. The average molecular weight is 341 g/mol. The van der Waals surface area contributed by atoms with Gasteiger partial charge in [0, 0.05) is 0 Å². The molecule has 0 saturated heterocycles. The normalized spacial score (nSPS) is 26.7. The highest BCUT2D eigenvalue weighted by Gasteiger charge is 2.62. The van der Waals surface area contributed by atoms with Crippen LogP contribution < -0.4 is 0 Å². The Balaban J connectivity index is 2.06. The van der Waals surface area contributed by atoms with Gasteiger partial charge in [0.25, 0.3) is 10.1 Å². The van der Waals surface area contributed by atoms with E-state index in [9.17, 15) is 8.42 Å². The molecule has 0 N–H and O–H groups in total. The van der Waals surface area contributed by atoms with Gasteiger partial charge in [-0.15, -0.1) is 0 Å². The van der Waals surface area contributed by atoms with Crippen LogP contribution in [0.25, 0.3) is 0 Å². The van der Waals surface area contributed by atoms with Crippen molar-refractivity contribution in [2.45, 2.75) is 62.9 Å². The van der Waals surface area contributed by atoms with Crippen LogP contribution in [0.3, 0.4) is 0 Å². The van der Waals surface area contributed by atoms with E-state index in [0.717, 1.165) is 19.3 Å². The van der Waals surface area contributed by atoms with Crippen molar-refractivity contribution in [2.24, 2.45) is 0 Å². The maximum Gasteiger partial charge on any atom is 0.264 e. The van der Waals surface area contributed by atoms with Crippen molar-refractivity contribution in [1.29, 1.82) is 0 Å². The van der Waals surface area contributed by atoms with Crippen molar-refractivity contribution in [3.05, 3.63) is 35.9 Å². The molecule has 5 heteroatoms. The first-order valence-corrected chi connectivity index (χ1v) is 13.4. The first-order chi connectivity index (χ1) is 10.0. The standard InChI is InChI=1S/C17H28O3SSi/c1-14(15-9-7-6-8-10-15)11-12-17(20-21(2,18)19)13-16(17)22(3,4)5/h6-10,14,16H,11-13H2,1-5H3. The lowest BCUT2D eigenvalue weighted by molar-refractivity contribution is 0.172. The molecule has 3 atom stereocenters. The monoisotopic (exact) mass is 340 g/mol. The Hall–Kier alpha value is -0.653. The molecule has 0 bridgehead atoms. The lowest BCUT2D eigenvalue weighted by Crippen LogP contribution is -2.30. The van der Waals surface area contributed by atoms with E-state index in [4.69, 9.17) is 4.18 Å². The van der Waals surface area contributed by atoms with Crippen molar-refractivity contribution < 1.29 is 12.6 Å². The predicted octanol–water partition coefficient (Wildman–Crippen LogP) is 4.40. The van der Waals surface area contributed by atoms with E-state index in [0.29, 0.717) is 11.5 Å². The third-order valence-electron chi connectivity index (χ3n) is 4.76. The minimum atomic E-state index is -3.40. The molecule has 0 spiro atoms. The fraction of sp³-hybridized carbons (Fsp3) is 0.647. The quantitative estimate of drug-likeness (QED) is 0.546. The molecule has 1 saturated carbocycles. The lowest BCUT2D eigenvalue weighted by Gasteiger charge is -2.24. The molecule has 22 heavy (non-hydrogen) atoms. The van der Waals surface area contributed by atoms with Gasteiger partial charge in [-0.3, -0.25) is 4.18 Å². The van der Waals surface area contributed by atoms with Crippen molar-refractivity contribution in [1.82, 2.24) is 0 Å². The van der Waals surface area contributed by atoms with Gasteiger partial charge in [-0.25, -0.2) is 0 Å². The molecule has 1 fully saturated rings. The molecule has 3 nitrogen and oxygen atoms in total. The Morgan fingerprint density at radius 2 is 1.86 bits per heavy atom. The number of hydrogen-bond acceptors (Lipinski definition) is 3. The van der Waals surface area contributed by atoms with Crippen LogP contribution in [0.5, 0.6) is 0 Å². The molecule has 0 radical (unpaired) electrons. The zero-order chi connectivity index (χ0) is 16.6. The van der Waals surface area contributed by atoms with Crippen molar-refractivity contribution in [3.8, 4) is 0 Å². The van der Waals surface area contributed by atoms with E-state index >= 15 is 0 Å². The molecule has 3 unspecified atom stereocenters. The molecule has 1 aromatic rings. The number of rotatable bonds is 7. The van der Waals surface area contributed by atoms with Gasteiger partial charge in [0.2, 0.25) is 0 Å². The molecular formula is C17H28O3SSi. The largest absolute Gasteiger partial charge is 0.264 e. The Morgan fingerprint density at radius 3 is 2.32 bits per heavy atom. The smallest absolute Gasteiger partial charge is 0.264 e. The Kier molecular flexibility index (Phi) is 4.90. The van der Waals surface area contributed by atoms with Gasteiger partial charge in [-0.1, -0.05) is 56.9 Å². The Morgan fingerprint density at radius 1 is 1.27 bits per heavy atom. The van der Waals surface area contributed by atoms with Gasteiger partial charge in [-0.2, -0.15) is 8.42 Å². The summed E-state index contributed by atoms with van der Waals surface area (Å²) in [6.07, 6.45) is 3.86. The van der Waals surface area contributed by atoms with Crippen LogP contribution in [-0.2, 0) is 14.3 Å². The topological polar surface area (TPSA) is 43.4 Å². The van der Waals surface area contributed by atoms with Crippen molar-refractivity contribution in [3.63, 3.8) is 0 Å². The molecule has 1 aliphatic rings. The summed E-state index contributed by atoms with van der Waals surface area (Å²) < 4.78 is 28.9. The van der Waals surface area contributed by atoms with Crippen LogP contribution in [0.2, 0.25) is 25.2 Å². The zero-order valence-corrected chi connectivity index (χ0v) is 16.1. The molecule has 0 heterocycles. The Bertz CT molecular complexity index is 607. The van der Waals surface area contributed by atoms with Crippen molar-refractivity contribution >= 4 is 18.2 Å². The van der Waals surface area contributed by atoms with E-state index < -0.39 is 23.8 Å². The van der Waals surface area contributed by atoms with Gasteiger partial charge in [0.05, 0.1) is 19.9 Å². The van der Waals surface area contributed by atoms with Gasteiger partial charge >= 0.3 is 0 Å². The second-order valence-corrected chi connectivity index (χ2v) is 14.8. The molecular weight excluding hydrogens is 312 g/mol. The molecule has 124 valence electrons. The Labute approximate surface area is 136 Å². The average Bonchev–Trinajstić information content (AvgIpc) is 3.10. The second kappa shape index (κ2) is 6.10. The second-order valence-electron chi connectivity index (χ2n) is 7.83. The maximum atomic E-state index is 11.7. The van der Waals surface area contributed by atoms with Crippen LogP contribution in [0.1, 0.15) is 37.7 Å². The number of hydrogen-bond donors (Lipinski definition) is 0. The van der Waals surface area contributed by atoms with Crippen LogP contribution in [0.4, 0.5) is 0 Å². The lowest BCUT2D eigenvalue weighted by atomic mass is 9.94. The molecule has 0 aliphatic heterocycles. The van der Waals surface area contributed by atoms with E-state index in [2.05, 4.69) is 50.8 Å². The molecule has 1 aromatic carbocycles. The fourth-order valence-electron chi connectivity index (χ4n) is 3.50. The third-order valence-corrected chi connectivity index (χ3v) is 8.21. The summed E-state index contributed by atoms with van der Waals surface area (Å²) in [6.45, 7) is 9.10. The van der Waals surface area contributed by atoms with Crippen LogP contribution >= 0.6 is 0 Å². The van der Waals surface area contributed by atoms with Gasteiger partial charge in [0.1, 0.15) is 0 Å². The van der Waals surface area contributed by atoms with Gasteiger partial charge in [-0.05, 0) is 36.3 Å². The maximum absolute atomic E-state index is 11.7. The van der Waals surface area contributed by atoms with Crippen LogP contribution in [0.15, 0.2) is 30.3 Å². The summed E-state index contributed by atoms with van der Waals surface area (Å²) in [7, 11) is -4.80. The molecule has 2 rings (SSSR count). The molecule has 0 aromatic heterocycles. The van der Waals surface area contributed by atoms with E-state index in [1.54, 1.807) is 0 Å². The number of benzene rings is 1. The van der Waals surface area contributed by atoms with E-state index in [-0.39, 0.29) is 0 Å². The van der Waals surface area contributed by atoms with Gasteiger partial charge < -0.3 is 0 Å². The zero-order valence-electron chi connectivity index (χ0n) is 14.3. The van der Waals surface area contributed by atoms with Crippen molar-refractivity contribution in [2.75, 3.05) is 6.26 Å². The summed E-state index contributed by atoms with van der Waals surface area (Å²) in [5.41, 5.74) is 1.32. The van der Waals surface area contributed by atoms with Crippen LogP contribution in [-0.4, -0.2) is 28.3 Å². The van der Waals surface area contributed by atoms with Gasteiger partial charge in [0.15, 0.2) is 0 Å². The third kappa shape index (κ3) is 4.43. The summed E-state index contributed by atoms with van der Waals surface area (Å²) in [4.78, 5) is 0. The minimum absolute atomic E-state index is 0.420. The summed E-state index contributed by atoms with van der Waals surface area (Å²) in [5, 5.41) is 0. The summed E-state index contributed by atoms with van der Waals surface area (Å²) in [6, 6.07) is 10.4. The highest BCUT2D eigenvalue weighted by Crippen LogP contribution is 2.61. The molecule has 0 amide bonds. The fourth-order valence-corrected chi connectivity index (χ4v) is 7.20. The highest BCUT2D eigenvalue weighted by atomic mass is 32.2. The predicted molar refractivity (Wildman–Crippen MR) is 94.5 cm³/mol. The summed E-state index contributed by atoms with van der Waals surface area (Å²) in [5.74, 6) is 0.420.